The Morgan fingerprint density at radius 2 is 2.12 bits per heavy atom. The second kappa shape index (κ2) is 7.23. The molecule has 1 saturated carbocycles. The lowest BCUT2D eigenvalue weighted by Gasteiger charge is -2.19. The van der Waals surface area contributed by atoms with Gasteiger partial charge in [-0.25, -0.2) is 4.79 Å². The van der Waals surface area contributed by atoms with Crippen LogP contribution in [0.3, 0.4) is 0 Å². The second-order valence-electron chi connectivity index (χ2n) is 5.94. The Labute approximate surface area is 145 Å². The Bertz CT molecular complexity index is 710. The molecule has 1 aromatic heterocycles. The first-order valence-electron chi connectivity index (χ1n) is 7.86. The van der Waals surface area contributed by atoms with Crippen LogP contribution in [-0.2, 0) is 4.74 Å². The Kier molecular flexibility index (Phi) is 5.06. The number of carbonyl (C=O) groups excluding carboxylic acids is 1. The van der Waals surface area contributed by atoms with Crippen LogP contribution in [0.2, 0.25) is 5.02 Å². The monoisotopic (exact) mass is 349 g/mol. The average molecular weight is 350 g/mol. The molecular formula is C17H20ClN3O3. The summed E-state index contributed by atoms with van der Waals surface area (Å²) in [4.78, 5) is 12.4. The molecule has 0 aliphatic heterocycles. The van der Waals surface area contributed by atoms with Gasteiger partial charge in [0.1, 0.15) is 11.4 Å². The number of aryl methyl sites for hydroxylation is 1. The van der Waals surface area contributed by atoms with Crippen molar-refractivity contribution in [3.8, 4) is 0 Å². The highest BCUT2D eigenvalue weighted by atomic mass is 35.5. The molecule has 1 aliphatic rings. The summed E-state index contributed by atoms with van der Waals surface area (Å²) < 4.78 is 10.6. The SMILES string of the molecule is COC[C@H](NC(=O)Nc1c(C)noc1C1CC1)c1ccc(Cl)cc1. The van der Waals surface area contributed by atoms with Crippen LogP contribution in [0.5, 0.6) is 0 Å². The number of rotatable bonds is 6. The molecule has 0 spiro atoms. The van der Waals surface area contributed by atoms with Crippen LogP contribution in [-0.4, -0.2) is 24.9 Å². The van der Waals surface area contributed by atoms with Gasteiger partial charge in [0, 0.05) is 18.1 Å². The van der Waals surface area contributed by atoms with Crippen LogP contribution < -0.4 is 10.6 Å². The number of hydrogen-bond donors (Lipinski definition) is 2. The van der Waals surface area contributed by atoms with Gasteiger partial charge >= 0.3 is 6.03 Å². The molecule has 2 aromatic rings. The van der Waals surface area contributed by atoms with Gasteiger partial charge in [0.2, 0.25) is 0 Å². The van der Waals surface area contributed by atoms with Crippen LogP contribution in [0.4, 0.5) is 10.5 Å². The molecule has 1 heterocycles. The number of halogens is 1. The minimum Gasteiger partial charge on any atom is -0.382 e. The molecule has 6 nitrogen and oxygen atoms in total. The Balaban J connectivity index is 1.69. The number of nitrogens with zero attached hydrogens (tertiary/aromatic N) is 1. The van der Waals surface area contributed by atoms with Crippen LogP contribution in [0, 0.1) is 6.92 Å². The summed E-state index contributed by atoms with van der Waals surface area (Å²) in [5.41, 5.74) is 2.27. The molecule has 1 aromatic carbocycles. The molecule has 0 unspecified atom stereocenters. The van der Waals surface area contributed by atoms with E-state index in [1.165, 1.54) is 0 Å². The number of hydrogen-bond acceptors (Lipinski definition) is 4. The summed E-state index contributed by atoms with van der Waals surface area (Å²) in [6, 6.07) is 6.71. The maximum absolute atomic E-state index is 12.4. The Morgan fingerprint density at radius 1 is 1.42 bits per heavy atom. The van der Waals surface area contributed by atoms with E-state index in [-0.39, 0.29) is 12.1 Å². The van der Waals surface area contributed by atoms with Gasteiger partial charge in [0.15, 0.2) is 5.76 Å². The van der Waals surface area contributed by atoms with E-state index in [4.69, 9.17) is 20.9 Å². The molecule has 24 heavy (non-hydrogen) atoms. The highest BCUT2D eigenvalue weighted by molar-refractivity contribution is 6.30. The van der Waals surface area contributed by atoms with Gasteiger partial charge < -0.3 is 19.9 Å². The Hall–Kier alpha value is -2.05. The van der Waals surface area contributed by atoms with Crippen molar-refractivity contribution in [2.45, 2.75) is 31.7 Å². The summed E-state index contributed by atoms with van der Waals surface area (Å²) in [5, 5.41) is 10.4. The topological polar surface area (TPSA) is 76.4 Å². The first-order valence-corrected chi connectivity index (χ1v) is 8.24. The smallest absolute Gasteiger partial charge is 0.319 e. The number of amides is 2. The molecule has 128 valence electrons. The molecule has 2 amide bonds. The van der Waals surface area contributed by atoms with E-state index >= 15 is 0 Å². The van der Waals surface area contributed by atoms with Gasteiger partial charge in [-0.3, -0.25) is 0 Å². The number of methoxy groups -OCH3 is 1. The average Bonchev–Trinajstić information content (AvgIpc) is 3.33. The molecule has 3 rings (SSSR count). The van der Waals surface area contributed by atoms with E-state index in [0.29, 0.717) is 28.9 Å². The zero-order valence-electron chi connectivity index (χ0n) is 13.6. The van der Waals surface area contributed by atoms with E-state index in [0.717, 1.165) is 24.2 Å². The second-order valence-corrected chi connectivity index (χ2v) is 6.38. The number of benzene rings is 1. The lowest BCUT2D eigenvalue weighted by molar-refractivity contribution is 0.168. The van der Waals surface area contributed by atoms with Gasteiger partial charge in [0.25, 0.3) is 0 Å². The molecule has 1 fully saturated rings. The number of anilines is 1. The number of urea groups is 1. The third kappa shape index (κ3) is 3.88. The van der Waals surface area contributed by atoms with Crippen LogP contribution >= 0.6 is 11.6 Å². The van der Waals surface area contributed by atoms with E-state index < -0.39 is 0 Å². The molecular weight excluding hydrogens is 330 g/mol. The van der Waals surface area contributed by atoms with Crippen molar-refractivity contribution in [1.82, 2.24) is 10.5 Å². The first-order chi connectivity index (χ1) is 11.6. The van der Waals surface area contributed by atoms with E-state index in [1.54, 1.807) is 19.2 Å². The highest BCUT2D eigenvalue weighted by Crippen LogP contribution is 2.44. The predicted molar refractivity (Wildman–Crippen MR) is 91.4 cm³/mol. The van der Waals surface area contributed by atoms with Gasteiger partial charge in [-0.2, -0.15) is 0 Å². The van der Waals surface area contributed by atoms with Crippen molar-refractivity contribution in [1.29, 1.82) is 0 Å². The third-order valence-corrected chi connectivity index (χ3v) is 4.24. The zero-order chi connectivity index (χ0) is 17.1. The fourth-order valence-corrected chi connectivity index (χ4v) is 2.68. The summed E-state index contributed by atoms with van der Waals surface area (Å²) in [7, 11) is 1.60. The summed E-state index contributed by atoms with van der Waals surface area (Å²) in [5.74, 6) is 1.13. The minimum atomic E-state index is -0.319. The predicted octanol–water partition coefficient (Wildman–Crippen LogP) is 4.02. The van der Waals surface area contributed by atoms with Crippen molar-refractivity contribution in [3.63, 3.8) is 0 Å². The molecule has 7 heteroatoms. The largest absolute Gasteiger partial charge is 0.382 e. The van der Waals surface area contributed by atoms with Gasteiger partial charge in [-0.15, -0.1) is 0 Å². The van der Waals surface area contributed by atoms with Crippen LogP contribution in [0.1, 0.15) is 41.8 Å². The molecule has 0 saturated heterocycles. The van der Waals surface area contributed by atoms with E-state index in [2.05, 4.69) is 15.8 Å². The third-order valence-electron chi connectivity index (χ3n) is 3.99. The van der Waals surface area contributed by atoms with Crippen LogP contribution in [0.15, 0.2) is 28.8 Å². The highest BCUT2D eigenvalue weighted by Gasteiger charge is 2.32. The molecule has 2 N–H and O–H groups in total. The lowest BCUT2D eigenvalue weighted by atomic mass is 10.1. The van der Waals surface area contributed by atoms with Gasteiger partial charge in [0.05, 0.1) is 12.6 Å². The number of carbonyl (C=O) groups is 1. The lowest BCUT2D eigenvalue weighted by Crippen LogP contribution is -2.35. The fraction of sp³-hybridized carbons (Fsp3) is 0.412. The van der Waals surface area contributed by atoms with E-state index in [1.807, 2.05) is 19.1 Å². The van der Waals surface area contributed by atoms with Crippen LogP contribution in [0.25, 0.3) is 0 Å². The fourth-order valence-electron chi connectivity index (χ4n) is 2.55. The van der Waals surface area contributed by atoms with Crippen molar-refractivity contribution >= 4 is 23.3 Å². The van der Waals surface area contributed by atoms with Crippen molar-refractivity contribution in [2.24, 2.45) is 0 Å². The van der Waals surface area contributed by atoms with Gasteiger partial charge in [-0.1, -0.05) is 28.9 Å². The first kappa shape index (κ1) is 16.8. The van der Waals surface area contributed by atoms with Crippen molar-refractivity contribution < 1.29 is 14.1 Å². The number of ether oxygens (including phenoxy) is 1. The van der Waals surface area contributed by atoms with Crippen molar-refractivity contribution in [3.05, 3.63) is 46.3 Å². The normalized spacial score (nSPS) is 15.1. The maximum Gasteiger partial charge on any atom is 0.319 e. The minimum absolute atomic E-state index is 0.281. The standard InChI is InChI=1S/C17H20ClN3O3/c1-10-15(16(24-21-10)12-3-4-12)20-17(22)19-14(9-23-2)11-5-7-13(18)8-6-11/h5-8,12,14H,3-4,9H2,1-2H3,(H2,19,20,22)/t14-/m0/s1. The quantitative estimate of drug-likeness (QED) is 0.825. The summed E-state index contributed by atoms with van der Waals surface area (Å²) in [6.07, 6.45) is 2.14. The Morgan fingerprint density at radius 3 is 2.75 bits per heavy atom. The molecule has 0 radical (unpaired) electrons. The number of aromatic nitrogens is 1. The van der Waals surface area contributed by atoms with Crippen molar-refractivity contribution in [2.75, 3.05) is 19.0 Å². The summed E-state index contributed by atoms with van der Waals surface area (Å²) >= 11 is 5.92. The molecule has 1 aliphatic carbocycles. The number of nitrogens with one attached hydrogen (secondary N) is 2. The maximum atomic E-state index is 12.4. The molecule has 1 atom stereocenters. The van der Waals surface area contributed by atoms with Gasteiger partial charge in [-0.05, 0) is 37.5 Å². The zero-order valence-corrected chi connectivity index (χ0v) is 14.4. The summed E-state index contributed by atoms with van der Waals surface area (Å²) in [6.45, 7) is 2.17. The van der Waals surface area contributed by atoms with E-state index in [9.17, 15) is 4.79 Å². The molecule has 0 bridgehead atoms.